The maximum Gasteiger partial charge on any atom is 0.373 e. The van der Waals surface area contributed by atoms with Crippen molar-refractivity contribution in [3.63, 3.8) is 0 Å². The van der Waals surface area contributed by atoms with E-state index in [1.165, 1.54) is 27.7 Å². The second-order valence-electron chi connectivity index (χ2n) is 3.60. The van der Waals surface area contributed by atoms with E-state index in [9.17, 15) is 9.59 Å². The van der Waals surface area contributed by atoms with Crippen LogP contribution in [0.2, 0.25) is 43.6 Å². The molecule has 0 saturated carbocycles. The normalized spacial score (nSPS) is 5.41. The topological polar surface area (TPSA) is 245 Å². The van der Waals surface area contributed by atoms with E-state index in [0.29, 0.717) is 40.6 Å². The Morgan fingerprint density at radius 3 is 0.951 bits per heavy atom. The summed E-state index contributed by atoms with van der Waals surface area (Å²) in [5.74, 6) is 3.23. The van der Waals surface area contributed by atoms with E-state index in [0.717, 1.165) is 0 Å². The molecule has 0 unspecified atom stereocenters. The largest absolute Gasteiger partial charge is 0.545 e. The van der Waals surface area contributed by atoms with Gasteiger partial charge in [0.1, 0.15) is 0 Å². The Kier molecular flexibility index (Phi) is 380. The minimum atomic E-state index is -0.623. The van der Waals surface area contributed by atoms with Gasteiger partial charge in [-0.15, -0.1) is 0 Å². The minimum Gasteiger partial charge on any atom is -0.545 e. The summed E-state index contributed by atoms with van der Waals surface area (Å²) in [4.78, 5) is 99.1. The molecule has 41 heavy (non-hydrogen) atoms. The first-order chi connectivity index (χ1) is 17.9. The van der Waals surface area contributed by atoms with Gasteiger partial charge in [0, 0.05) is 40.8 Å². The third-order valence-corrected chi connectivity index (χ3v) is 10.9. The SMILES string of the molecule is C[SeH]CCC[SeH]CC(=O)O.C[SeH]CC[SeH]CC(=O)O.O=C=O.O=C=O.[CH-]=O.[CH-]=O.[CH-]=O.[CH-]=O.[CH-]=O.[CH-]=O.[CH3-].[CH3-].[Re].[Re]. The number of carbonyl (C=O) groups is 2. The molecule has 0 bridgehead atoms. The number of carboxylic acid groups (broad SMARTS) is 2. The second-order valence-corrected chi connectivity index (χ2v) is 13.2. The van der Waals surface area contributed by atoms with Gasteiger partial charge in [0.05, 0.1) is 0 Å². The number of hydrogen-bond donors (Lipinski definition) is 2. The molecular weight excluding hydrogens is 1160 g/mol. The predicted molar refractivity (Wildman–Crippen MR) is 152 cm³/mol. The molecule has 6 radical (unpaired) electrons. The molecule has 0 amide bonds. The Bertz CT molecular complexity index is 448. The molecule has 0 fully saturated rings. The van der Waals surface area contributed by atoms with Crippen LogP contribution in [0.5, 0.6) is 0 Å². The average molecular weight is 1200 g/mol. The number of aliphatic carboxylic acids is 2. The molecule has 0 spiro atoms. The van der Waals surface area contributed by atoms with E-state index in [2.05, 4.69) is 52.4 Å². The first kappa shape index (κ1) is 90.0. The van der Waals surface area contributed by atoms with Crippen LogP contribution in [-0.4, -0.2) is 135 Å². The summed E-state index contributed by atoms with van der Waals surface area (Å²) in [6, 6.07) is 0. The molecule has 14 nitrogen and oxygen atoms in total. The predicted octanol–water partition coefficient (Wildman–Crippen LogP) is -1.03. The van der Waals surface area contributed by atoms with Gasteiger partial charge in [-0.1, -0.05) is 0 Å². The van der Waals surface area contributed by atoms with Crippen LogP contribution in [0.1, 0.15) is 6.42 Å². The Morgan fingerprint density at radius 2 is 0.756 bits per heavy atom. The van der Waals surface area contributed by atoms with Gasteiger partial charge in [0.2, 0.25) is 0 Å². The molecule has 0 aromatic heterocycles. The molecule has 0 aliphatic rings. The molecule has 0 aliphatic carbocycles. The van der Waals surface area contributed by atoms with Gasteiger partial charge in [-0.25, -0.2) is 0 Å². The van der Waals surface area contributed by atoms with Crippen molar-refractivity contribution in [2.45, 2.75) is 50.0 Å². The van der Waals surface area contributed by atoms with Gasteiger partial charge in [-0.3, -0.25) is 40.7 Å². The maximum absolute atomic E-state index is 10.1. The molecule has 0 aromatic rings. The summed E-state index contributed by atoms with van der Waals surface area (Å²) >= 11 is 1.32. The van der Waals surface area contributed by atoms with E-state index >= 15 is 0 Å². The van der Waals surface area contributed by atoms with Crippen molar-refractivity contribution in [3.8, 4) is 0 Å². The number of carbonyl (C=O) groups excluding carboxylic acids is 10. The zero-order valence-corrected chi connectivity index (χ0v) is 35.7. The zero-order chi connectivity index (χ0) is 32.3. The Morgan fingerprint density at radius 1 is 0.537 bits per heavy atom. The molecule has 0 aromatic carbocycles. The van der Waals surface area contributed by atoms with E-state index in [1.54, 1.807) is 0 Å². The van der Waals surface area contributed by atoms with Crippen LogP contribution in [-0.2, 0) is 98.4 Å². The minimum absolute atomic E-state index is 0. The van der Waals surface area contributed by atoms with Crippen LogP contribution < -0.4 is 0 Å². The first-order valence-corrected chi connectivity index (χ1v) is 19.8. The fourth-order valence-electron chi connectivity index (χ4n) is 0.861. The summed E-state index contributed by atoms with van der Waals surface area (Å²) in [5.41, 5.74) is 0. The van der Waals surface area contributed by atoms with E-state index in [-0.39, 0.29) is 97.9 Å². The Balaban J connectivity index is -0.0000000180. The molecule has 0 heterocycles. The fourth-order valence-corrected chi connectivity index (χ4v) is 9.74. The van der Waals surface area contributed by atoms with Crippen molar-refractivity contribution in [2.24, 2.45) is 0 Å². The van der Waals surface area contributed by atoms with Crippen LogP contribution in [0.15, 0.2) is 0 Å². The molecule has 20 heteroatoms. The summed E-state index contributed by atoms with van der Waals surface area (Å²) in [6.45, 7) is 19.5. The fraction of sp³-hybridized carbons (Fsp3) is 0.429. The van der Waals surface area contributed by atoms with Gasteiger partial charge in [-0.2, -0.15) is 19.2 Å². The van der Waals surface area contributed by atoms with Crippen molar-refractivity contribution in [2.75, 3.05) is 0 Å². The van der Waals surface area contributed by atoms with Gasteiger partial charge < -0.3 is 43.6 Å². The monoisotopic (exact) mass is 1210 g/mol. The summed E-state index contributed by atoms with van der Waals surface area (Å²) in [5, 5.41) is 22.5. The molecule has 0 aliphatic heterocycles. The summed E-state index contributed by atoms with van der Waals surface area (Å²) in [6.07, 6.45) is 1.77. The summed E-state index contributed by atoms with van der Waals surface area (Å²) in [7, 11) is 0. The molecule has 0 saturated heterocycles. The van der Waals surface area contributed by atoms with Crippen molar-refractivity contribution >= 4 is 125 Å². The third-order valence-electron chi connectivity index (χ3n) is 1.67. The van der Waals surface area contributed by atoms with Gasteiger partial charge in [0.25, 0.3) is 0 Å². The Labute approximate surface area is 295 Å². The summed E-state index contributed by atoms with van der Waals surface area (Å²) < 4.78 is 0. The molecular formula is C21H38O14Re2Se4-8. The maximum atomic E-state index is 10.1. The van der Waals surface area contributed by atoms with Crippen LogP contribution in [0.25, 0.3) is 0 Å². The zero-order valence-electron chi connectivity index (χ0n) is 22.8. The second kappa shape index (κ2) is 173. The number of hydrogen-bond acceptors (Lipinski definition) is 12. The van der Waals surface area contributed by atoms with Crippen LogP contribution >= 0.6 is 0 Å². The number of rotatable bonds is 11. The average Bonchev–Trinajstić information content (AvgIpc) is 2.94. The molecule has 0 atom stereocenters. The third kappa shape index (κ3) is 367. The Hall–Kier alpha value is -0.877. The van der Waals surface area contributed by atoms with Gasteiger partial charge >= 0.3 is 154 Å². The van der Waals surface area contributed by atoms with Crippen LogP contribution in [0.4, 0.5) is 0 Å². The molecule has 252 valence electrons. The van der Waals surface area contributed by atoms with Crippen molar-refractivity contribution in [1.29, 1.82) is 0 Å². The number of carboxylic acids is 2. The van der Waals surface area contributed by atoms with Gasteiger partial charge in [-0.05, 0) is 0 Å². The van der Waals surface area contributed by atoms with Crippen molar-refractivity contribution < 1.29 is 109 Å². The van der Waals surface area contributed by atoms with Gasteiger partial charge in [0.15, 0.2) is 0 Å². The first-order valence-electron chi connectivity index (χ1n) is 8.09. The van der Waals surface area contributed by atoms with Crippen LogP contribution in [0, 0.1) is 14.9 Å². The molecule has 0 rings (SSSR count). The van der Waals surface area contributed by atoms with Crippen molar-refractivity contribution in [3.05, 3.63) is 14.9 Å². The van der Waals surface area contributed by atoms with E-state index in [1.807, 2.05) is 0 Å². The molecule has 2 N–H and O–H groups in total. The standard InChI is InChI=1S/C6H14O2Se2.C5H12O2Se2.2CO2.6CHO.2CH3.2Re/c1-9-3-2-4-10-5-6(7)8;1-8-2-3-9-4-5(6)7;2*2-1-3;6*1-2;;;;/h9-10H,2-5H2,1H3,(H,7,8);8-9H,2-4H2,1H3,(H,6,7);;;6*1H;2*1H3;;/q;;;;8*-1;;. The smallest absolute Gasteiger partial charge is 0.373 e. The van der Waals surface area contributed by atoms with Crippen molar-refractivity contribution in [1.82, 2.24) is 0 Å². The quantitative estimate of drug-likeness (QED) is 0.109. The van der Waals surface area contributed by atoms with E-state index in [4.69, 9.17) is 58.2 Å². The van der Waals surface area contributed by atoms with E-state index < -0.39 is 11.9 Å². The van der Waals surface area contributed by atoms with Crippen LogP contribution in [0.3, 0.4) is 0 Å².